The van der Waals surface area contributed by atoms with Gasteiger partial charge in [-0.05, 0) is 38.5 Å². The minimum absolute atomic E-state index is 0.0787. The van der Waals surface area contributed by atoms with Gasteiger partial charge in [-0.25, -0.2) is 0 Å². The zero-order chi connectivity index (χ0) is 19.3. The van der Waals surface area contributed by atoms with E-state index in [4.69, 9.17) is 4.74 Å². The van der Waals surface area contributed by atoms with Gasteiger partial charge in [0, 0.05) is 11.7 Å². The Morgan fingerprint density at radius 2 is 1.38 bits per heavy atom. The van der Waals surface area contributed by atoms with Crippen molar-refractivity contribution in [1.82, 2.24) is 0 Å². The van der Waals surface area contributed by atoms with Gasteiger partial charge >= 0.3 is 5.97 Å². The number of unbranched alkanes of at least 4 members (excludes halogenated alkanes) is 7. The first-order valence-electron chi connectivity index (χ1n) is 10.5. The summed E-state index contributed by atoms with van der Waals surface area (Å²) in [6.07, 6.45) is 26.9. The molecule has 0 rings (SSSR count). The zero-order valence-corrected chi connectivity index (χ0v) is 17.9. The van der Waals surface area contributed by atoms with E-state index in [1.54, 1.807) is 0 Å². The van der Waals surface area contributed by atoms with E-state index < -0.39 is 0 Å². The summed E-state index contributed by atoms with van der Waals surface area (Å²) >= 11 is 4.19. The molecular formula is C23H40O2S. The van der Waals surface area contributed by atoms with E-state index >= 15 is 0 Å². The Kier molecular flexibility index (Phi) is 19.6. The Morgan fingerprint density at radius 1 is 0.846 bits per heavy atom. The van der Waals surface area contributed by atoms with Gasteiger partial charge in [-0.2, -0.15) is 12.6 Å². The summed E-state index contributed by atoms with van der Waals surface area (Å²) in [6, 6.07) is 0. The molecule has 0 saturated carbocycles. The van der Waals surface area contributed by atoms with Crippen LogP contribution in [0.4, 0.5) is 0 Å². The van der Waals surface area contributed by atoms with Gasteiger partial charge in [-0.15, -0.1) is 0 Å². The summed E-state index contributed by atoms with van der Waals surface area (Å²) in [6.45, 7) is 4.51. The minimum atomic E-state index is -0.0787. The number of thiol groups is 1. The van der Waals surface area contributed by atoms with Crippen LogP contribution in [0.5, 0.6) is 0 Å². The van der Waals surface area contributed by atoms with Crippen LogP contribution >= 0.6 is 12.6 Å². The van der Waals surface area contributed by atoms with Crippen molar-refractivity contribution in [3.63, 3.8) is 0 Å². The SMILES string of the molecule is CC/C=C/C/C=C/C/C=C/CCCCCCCCCC(=O)OCC(C)S. The molecule has 0 radical (unpaired) electrons. The maximum absolute atomic E-state index is 11.4. The molecule has 0 bridgehead atoms. The molecule has 0 aromatic heterocycles. The number of rotatable bonds is 17. The zero-order valence-electron chi connectivity index (χ0n) is 17.0. The smallest absolute Gasteiger partial charge is 0.305 e. The molecule has 0 spiro atoms. The first-order valence-corrected chi connectivity index (χ1v) is 11.0. The third kappa shape index (κ3) is 21.1. The number of allylic oxidation sites excluding steroid dienone is 6. The average molecular weight is 381 g/mol. The lowest BCUT2D eigenvalue weighted by Gasteiger charge is -2.06. The number of carbonyl (C=O) groups excluding carboxylic acids is 1. The molecule has 0 aromatic carbocycles. The van der Waals surface area contributed by atoms with Gasteiger partial charge < -0.3 is 4.74 Å². The molecular weight excluding hydrogens is 340 g/mol. The largest absolute Gasteiger partial charge is 0.465 e. The molecule has 0 aromatic rings. The molecule has 26 heavy (non-hydrogen) atoms. The van der Waals surface area contributed by atoms with E-state index in [0.29, 0.717) is 13.0 Å². The van der Waals surface area contributed by atoms with Gasteiger partial charge in [-0.1, -0.05) is 82.4 Å². The van der Waals surface area contributed by atoms with Crippen molar-refractivity contribution >= 4 is 18.6 Å². The summed E-state index contributed by atoms with van der Waals surface area (Å²) in [5, 5.41) is 0.123. The Balaban J connectivity index is 3.27. The number of carbonyl (C=O) groups is 1. The van der Waals surface area contributed by atoms with Crippen molar-refractivity contribution in [3.05, 3.63) is 36.5 Å². The van der Waals surface area contributed by atoms with Crippen LogP contribution in [0.1, 0.15) is 90.9 Å². The monoisotopic (exact) mass is 380 g/mol. The normalized spacial score (nSPS) is 13.2. The average Bonchev–Trinajstić information content (AvgIpc) is 2.62. The quantitative estimate of drug-likeness (QED) is 0.125. The van der Waals surface area contributed by atoms with E-state index in [2.05, 4.69) is 56.0 Å². The molecule has 0 aliphatic heterocycles. The van der Waals surface area contributed by atoms with E-state index in [1.807, 2.05) is 6.92 Å². The summed E-state index contributed by atoms with van der Waals surface area (Å²) in [5.41, 5.74) is 0. The highest BCUT2D eigenvalue weighted by Crippen LogP contribution is 2.10. The van der Waals surface area contributed by atoms with Crippen LogP contribution in [0.3, 0.4) is 0 Å². The van der Waals surface area contributed by atoms with E-state index in [-0.39, 0.29) is 11.2 Å². The fraction of sp³-hybridized carbons (Fsp3) is 0.696. The van der Waals surface area contributed by atoms with Crippen molar-refractivity contribution in [1.29, 1.82) is 0 Å². The number of esters is 1. The molecule has 0 fully saturated rings. The van der Waals surface area contributed by atoms with Gasteiger partial charge in [0.15, 0.2) is 0 Å². The van der Waals surface area contributed by atoms with Crippen molar-refractivity contribution in [3.8, 4) is 0 Å². The molecule has 0 aliphatic carbocycles. The fourth-order valence-corrected chi connectivity index (χ4v) is 2.60. The molecule has 0 saturated heterocycles. The predicted molar refractivity (Wildman–Crippen MR) is 118 cm³/mol. The number of hydrogen-bond donors (Lipinski definition) is 1. The standard InChI is InChI=1S/C23H40O2S/c1-3-4-5-6-7-8-9-10-11-12-13-14-15-16-17-18-19-20-23(24)25-21-22(2)26/h4-5,7-8,10-11,22,26H,3,6,9,12-21H2,1-2H3/b5-4+,8-7+,11-10+. The van der Waals surface area contributed by atoms with Crippen LogP contribution in [-0.2, 0) is 9.53 Å². The molecule has 150 valence electrons. The predicted octanol–water partition coefficient (Wildman–Crippen LogP) is 7.22. The second-order valence-corrected chi connectivity index (χ2v) is 7.72. The van der Waals surface area contributed by atoms with Crippen LogP contribution < -0.4 is 0 Å². The van der Waals surface area contributed by atoms with Crippen LogP contribution in [-0.4, -0.2) is 17.8 Å². The Labute approximate surface area is 167 Å². The van der Waals surface area contributed by atoms with Crippen LogP contribution in [0.2, 0.25) is 0 Å². The lowest BCUT2D eigenvalue weighted by atomic mass is 10.1. The van der Waals surface area contributed by atoms with Crippen molar-refractivity contribution in [2.45, 2.75) is 96.1 Å². The van der Waals surface area contributed by atoms with E-state index in [9.17, 15) is 4.79 Å². The maximum atomic E-state index is 11.4. The Hall–Kier alpha value is -0.960. The van der Waals surface area contributed by atoms with Gasteiger partial charge in [0.05, 0.1) is 0 Å². The summed E-state index contributed by atoms with van der Waals surface area (Å²) in [5.74, 6) is -0.0787. The maximum Gasteiger partial charge on any atom is 0.305 e. The molecule has 3 heteroatoms. The highest BCUT2D eigenvalue weighted by atomic mass is 32.1. The van der Waals surface area contributed by atoms with Crippen molar-refractivity contribution < 1.29 is 9.53 Å². The highest BCUT2D eigenvalue weighted by Gasteiger charge is 2.04. The van der Waals surface area contributed by atoms with Gasteiger partial charge in [0.1, 0.15) is 6.61 Å². The van der Waals surface area contributed by atoms with Gasteiger partial charge in [-0.3, -0.25) is 4.79 Å². The minimum Gasteiger partial charge on any atom is -0.465 e. The molecule has 0 N–H and O–H groups in total. The van der Waals surface area contributed by atoms with Crippen molar-refractivity contribution in [2.24, 2.45) is 0 Å². The Bertz CT molecular complexity index is 397. The lowest BCUT2D eigenvalue weighted by molar-refractivity contribution is -0.143. The molecule has 2 nitrogen and oxygen atoms in total. The number of hydrogen-bond acceptors (Lipinski definition) is 3. The highest BCUT2D eigenvalue weighted by molar-refractivity contribution is 7.80. The third-order valence-electron chi connectivity index (χ3n) is 4.02. The Morgan fingerprint density at radius 3 is 2.00 bits per heavy atom. The van der Waals surface area contributed by atoms with E-state index in [1.165, 1.54) is 38.5 Å². The summed E-state index contributed by atoms with van der Waals surface area (Å²) < 4.78 is 5.10. The van der Waals surface area contributed by atoms with Gasteiger partial charge in [0.2, 0.25) is 0 Å². The van der Waals surface area contributed by atoms with Gasteiger partial charge in [0.25, 0.3) is 0 Å². The fourth-order valence-electron chi connectivity index (χ4n) is 2.53. The van der Waals surface area contributed by atoms with Crippen LogP contribution in [0, 0.1) is 0 Å². The first-order chi connectivity index (χ1) is 12.7. The summed E-state index contributed by atoms with van der Waals surface area (Å²) in [4.78, 5) is 11.4. The molecule has 1 unspecified atom stereocenters. The van der Waals surface area contributed by atoms with Crippen LogP contribution in [0.25, 0.3) is 0 Å². The second-order valence-electron chi connectivity index (χ2n) is 6.84. The molecule has 0 aliphatic rings. The third-order valence-corrected chi connectivity index (χ3v) is 4.17. The number of ether oxygens (including phenoxy) is 1. The topological polar surface area (TPSA) is 26.3 Å². The summed E-state index contributed by atoms with van der Waals surface area (Å²) in [7, 11) is 0. The first kappa shape index (κ1) is 25.0. The van der Waals surface area contributed by atoms with Crippen LogP contribution in [0.15, 0.2) is 36.5 Å². The second kappa shape index (κ2) is 20.4. The van der Waals surface area contributed by atoms with Crippen molar-refractivity contribution in [2.75, 3.05) is 6.61 Å². The molecule has 0 heterocycles. The molecule has 0 amide bonds. The van der Waals surface area contributed by atoms with E-state index in [0.717, 1.165) is 32.1 Å². The lowest BCUT2D eigenvalue weighted by Crippen LogP contribution is -2.11. The molecule has 1 atom stereocenters.